The van der Waals surface area contributed by atoms with Crippen LogP contribution in [0.15, 0.2) is 40.9 Å². The van der Waals surface area contributed by atoms with E-state index in [9.17, 15) is 14.4 Å². The summed E-state index contributed by atoms with van der Waals surface area (Å²) in [6.07, 6.45) is 0.375. The summed E-state index contributed by atoms with van der Waals surface area (Å²) in [7, 11) is 0. The van der Waals surface area contributed by atoms with Crippen molar-refractivity contribution in [2.24, 2.45) is 0 Å². The van der Waals surface area contributed by atoms with E-state index in [0.717, 1.165) is 6.07 Å². The molecule has 1 saturated heterocycles. The summed E-state index contributed by atoms with van der Waals surface area (Å²) in [6.45, 7) is 4.92. The number of carbonyl (C=O) groups excluding carboxylic acids is 3. The van der Waals surface area contributed by atoms with E-state index in [1.165, 1.54) is 23.1 Å². The lowest BCUT2D eigenvalue weighted by atomic mass is 10.0. The van der Waals surface area contributed by atoms with E-state index < -0.39 is 42.0 Å². The maximum atomic E-state index is 15.0. The number of esters is 1. The zero-order valence-corrected chi connectivity index (χ0v) is 20.6. The first-order chi connectivity index (χ1) is 15.9. The van der Waals surface area contributed by atoms with E-state index >= 15 is 8.78 Å². The van der Waals surface area contributed by atoms with Crippen LogP contribution in [0.2, 0.25) is 0 Å². The number of amides is 1. The summed E-state index contributed by atoms with van der Waals surface area (Å²) in [4.78, 5) is 38.9. The second-order valence-electron chi connectivity index (χ2n) is 9.39. The van der Waals surface area contributed by atoms with Gasteiger partial charge >= 0.3 is 12.1 Å². The van der Waals surface area contributed by atoms with Crippen LogP contribution in [-0.4, -0.2) is 47.5 Å². The molecule has 0 unspecified atom stereocenters. The van der Waals surface area contributed by atoms with Gasteiger partial charge in [-0.25, -0.2) is 9.59 Å². The fraction of sp³-hybridized carbons (Fsp3) is 0.400. The number of nitrogens with zero attached hydrogens (tertiary/aromatic N) is 1. The summed E-state index contributed by atoms with van der Waals surface area (Å²) in [5.74, 6) is -4.58. The van der Waals surface area contributed by atoms with Gasteiger partial charge in [0.05, 0.1) is 0 Å². The molecular weight excluding hydrogens is 512 g/mol. The first kappa shape index (κ1) is 24.3. The van der Waals surface area contributed by atoms with Crippen molar-refractivity contribution in [3.63, 3.8) is 0 Å². The number of carbonyl (C=O) groups is 3. The van der Waals surface area contributed by atoms with Crippen LogP contribution in [0.5, 0.6) is 0 Å². The highest BCUT2D eigenvalue weighted by Crippen LogP contribution is 2.51. The number of likely N-dealkylation sites (tertiary alicyclic amines) is 1. The summed E-state index contributed by atoms with van der Waals surface area (Å²) in [5.41, 5.74) is -0.304. The maximum absolute atomic E-state index is 15.0. The molecule has 0 bridgehead atoms. The lowest BCUT2D eigenvalue weighted by molar-refractivity contribution is -0.147. The summed E-state index contributed by atoms with van der Waals surface area (Å²) >= 11 is 3.22. The molecule has 9 heteroatoms. The Morgan fingerprint density at radius 3 is 2.41 bits per heavy atom. The number of alkyl halides is 2. The SMILES string of the molecule is CC(C)(C)OC(=O)N1CCC[C@@H]1C(=O)OCC(=O)c1ccc2c(c1)C(F)(F)c1cc(Br)ccc1-2. The van der Waals surface area contributed by atoms with Crippen LogP contribution in [0.4, 0.5) is 13.6 Å². The largest absolute Gasteiger partial charge is 0.456 e. The molecule has 0 N–H and O–H groups in total. The molecule has 0 spiro atoms. The van der Waals surface area contributed by atoms with Crippen LogP contribution < -0.4 is 0 Å². The summed E-state index contributed by atoms with van der Waals surface area (Å²) in [5, 5.41) is 0. The molecule has 0 aromatic heterocycles. The second-order valence-corrected chi connectivity index (χ2v) is 10.3. The number of ether oxygens (including phenoxy) is 2. The Morgan fingerprint density at radius 2 is 1.74 bits per heavy atom. The van der Waals surface area contributed by atoms with Crippen LogP contribution in [0.3, 0.4) is 0 Å². The average Bonchev–Trinajstić information content (AvgIpc) is 3.33. The minimum atomic E-state index is -3.25. The minimum absolute atomic E-state index is 0.0218. The Labute approximate surface area is 204 Å². The number of ketones is 1. The van der Waals surface area contributed by atoms with Gasteiger partial charge in [0.2, 0.25) is 0 Å². The van der Waals surface area contributed by atoms with Gasteiger partial charge in [-0.2, -0.15) is 8.78 Å². The van der Waals surface area contributed by atoms with Gasteiger partial charge in [-0.3, -0.25) is 9.69 Å². The Balaban J connectivity index is 1.44. The van der Waals surface area contributed by atoms with Crippen LogP contribution in [0, 0.1) is 0 Å². The van der Waals surface area contributed by atoms with Crippen molar-refractivity contribution in [3.05, 3.63) is 57.6 Å². The number of hydrogen-bond donors (Lipinski definition) is 0. The van der Waals surface area contributed by atoms with Crippen molar-refractivity contribution in [3.8, 4) is 11.1 Å². The molecule has 1 amide bonds. The molecule has 1 atom stereocenters. The summed E-state index contributed by atoms with van der Waals surface area (Å²) < 4.78 is 41.1. The van der Waals surface area contributed by atoms with E-state index in [2.05, 4.69) is 15.9 Å². The zero-order valence-electron chi connectivity index (χ0n) is 19.0. The van der Waals surface area contributed by atoms with Crippen LogP contribution in [0.25, 0.3) is 11.1 Å². The third-order valence-electron chi connectivity index (χ3n) is 5.79. The first-order valence-corrected chi connectivity index (χ1v) is 11.7. The van der Waals surface area contributed by atoms with Crippen molar-refractivity contribution in [2.75, 3.05) is 13.2 Å². The molecule has 1 fully saturated rings. The highest BCUT2D eigenvalue weighted by molar-refractivity contribution is 9.10. The second kappa shape index (κ2) is 8.76. The Hall–Kier alpha value is -2.81. The first-order valence-electron chi connectivity index (χ1n) is 10.9. The molecule has 0 saturated carbocycles. The van der Waals surface area contributed by atoms with E-state index in [1.54, 1.807) is 32.9 Å². The Morgan fingerprint density at radius 1 is 1.09 bits per heavy atom. The predicted molar refractivity (Wildman–Crippen MR) is 124 cm³/mol. The van der Waals surface area contributed by atoms with Crippen LogP contribution in [-0.2, 0) is 20.2 Å². The molecular formula is C25H24BrF2NO5. The minimum Gasteiger partial charge on any atom is -0.456 e. The Kier molecular flexibility index (Phi) is 6.27. The molecule has 4 rings (SSSR count). The number of Topliss-reactive ketones (excluding diaryl/α,β-unsaturated/α-hetero) is 1. The standard InChI is InChI=1S/C25H24BrF2NO5/c1-24(2,3)34-23(32)29-10-4-5-20(29)22(31)33-13-21(30)14-6-8-16-17-9-7-15(26)12-19(17)25(27,28)18(16)11-14/h6-9,11-12,20H,4-5,10,13H2,1-3H3/t20-/m1/s1. The van der Waals surface area contributed by atoms with Gasteiger partial charge in [-0.15, -0.1) is 0 Å². The number of fused-ring (bicyclic) bond motifs is 3. The van der Waals surface area contributed by atoms with Gasteiger partial charge in [-0.1, -0.05) is 34.1 Å². The molecule has 0 radical (unpaired) electrons. The highest BCUT2D eigenvalue weighted by atomic mass is 79.9. The van der Waals surface area contributed by atoms with E-state index in [-0.39, 0.29) is 16.7 Å². The van der Waals surface area contributed by atoms with Crippen molar-refractivity contribution in [1.82, 2.24) is 4.90 Å². The van der Waals surface area contributed by atoms with Gasteiger partial charge in [0.15, 0.2) is 12.4 Å². The van der Waals surface area contributed by atoms with Crippen LogP contribution >= 0.6 is 15.9 Å². The van der Waals surface area contributed by atoms with Gasteiger partial charge in [0.1, 0.15) is 11.6 Å². The van der Waals surface area contributed by atoms with Crippen molar-refractivity contribution < 1.29 is 32.6 Å². The normalized spacial score (nSPS) is 18.3. The van der Waals surface area contributed by atoms with Gasteiger partial charge in [-0.05, 0) is 62.9 Å². The smallest absolute Gasteiger partial charge is 0.411 e. The van der Waals surface area contributed by atoms with E-state index in [0.29, 0.717) is 35.0 Å². The number of rotatable bonds is 4. The van der Waals surface area contributed by atoms with Gasteiger partial charge in [0, 0.05) is 27.7 Å². The van der Waals surface area contributed by atoms with Crippen molar-refractivity contribution in [2.45, 2.75) is 51.2 Å². The zero-order chi connectivity index (χ0) is 24.8. The molecule has 2 aliphatic rings. The molecule has 1 aliphatic heterocycles. The third kappa shape index (κ3) is 4.58. The van der Waals surface area contributed by atoms with E-state index in [1.807, 2.05) is 0 Å². The number of halogens is 3. The monoisotopic (exact) mass is 535 g/mol. The number of hydrogen-bond acceptors (Lipinski definition) is 5. The topological polar surface area (TPSA) is 72.9 Å². The lowest BCUT2D eigenvalue weighted by Crippen LogP contribution is -2.44. The number of benzene rings is 2. The Bertz CT molecular complexity index is 1170. The maximum Gasteiger partial charge on any atom is 0.411 e. The van der Waals surface area contributed by atoms with E-state index in [4.69, 9.17) is 9.47 Å². The molecule has 2 aromatic rings. The average molecular weight is 536 g/mol. The molecule has 1 aliphatic carbocycles. The predicted octanol–water partition coefficient (Wildman–Crippen LogP) is 5.70. The van der Waals surface area contributed by atoms with Crippen LogP contribution in [0.1, 0.15) is 55.1 Å². The molecule has 34 heavy (non-hydrogen) atoms. The fourth-order valence-electron chi connectivity index (χ4n) is 4.24. The molecule has 6 nitrogen and oxygen atoms in total. The lowest BCUT2D eigenvalue weighted by Gasteiger charge is -2.27. The molecule has 2 aromatic carbocycles. The quantitative estimate of drug-likeness (QED) is 0.371. The van der Waals surface area contributed by atoms with Gasteiger partial charge < -0.3 is 9.47 Å². The molecule has 180 valence electrons. The molecule has 1 heterocycles. The highest BCUT2D eigenvalue weighted by Gasteiger charge is 2.45. The fourth-order valence-corrected chi connectivity index (χ4v) is 4.60. The van der Waals surface area contributed by atoms with Crippen molar-refractivity contribution in [1.29, 1.82) is 0 Å². The van der Waals surface area contributed by atoms with Crippen molar-refractivity contribution >= 4 is 33.8 Å². The summed E-state index contributed by atoms with van der Waals surface area (Å²) in [6, 6.07) is 7.91. The van der Waals surface area contributed by atoms with Gasteiger partial charge in [0.25, 0.3) is 5.92 Å². The third-order valence-corrected chi connectivity index (χ3v) is 6.28.